The average molecular weight is 365 g/mol. The maximum absolute atomic E-state index is 6.00. The van der Waals surface area contributed by atoms with Crippen LogP contribution < -0.4 is 9.47 Å². The summed E-state index contributed by atoms with van der Waals surface area (Å²) in [4.78, 5) is 2.38. The van der Waals surface area contributed by atoms with Crippen molar-refractivity contribution in [3.8, 4) is 17.2 Å². The highest BCUT2D eigenvalue weighted by atomic mass is 16.6. The van der Waals surface area contributed by atoms with E-state index in [9.17, 15) is 0 Å². The number of benzene rings is 2. The maximum Gasteiger partial charge on any atom is 0.127 e. The molecule has 1 unspecified atom stereocenters. The van der Waals surface area contributed by atoms with E-state index in [4.69, 9.17) is 14.2 Å². The van der Waals surface area contributed by atoms with E-state index < -0.39 is 0 Å². The molecular weight excluding hydrogens is 338 g/mol. The lowest BCUT2D eigenvalue weighted by Gasteiger charge is -2.19. The Hall–Kier alpha value is -2.04. The minimum absolute atomic E-state index is 0.297. The number of ether oxygens (including phenoxy) is 3. The van der Waals surface area contributed by atoms with Crippen molar-refractivity contribution in [3.63, 3.8) is 0 Å². The lowest BCUT2D eigenvalue weighted by Crippen LogP contribution is -2.30. The molecule has 2 heterocycles. The molecule has 27 heavy (non-hydrogen) atoms. The number of nitrogens with zero attached hydrogens (tertiary/aromatic N) is 1. The zero-order valence-corrected chi connectivity index (χ0v) is 15.9. The van der Waals surface area contributed by atoms with Crippen LogP contribution >= 0.6 is 0 Å². The van der Waals surface area contributed by atoms with Crippen LogP contribution in [-0.4, -0.2) is 43.9 Å². The van der Waals surface area contributed by atoms with E-state index in [1.54, 1.807) is 0 Å². The minimum atomic E-state index is 0.297. The number of likely N-dealkylation sites (N-methyl/N-ethyl adjacent to an activating group) is 1. The molecule has 1 saturated carbocycles. The summed E-state index contributed by atoms with van der Waals surface area (Å²) < 4.78 is 17.5. The van der Waals surface area contributed by atoms with Crippen LogP contribution in [-0.2, 0) is 10.2 Å². The van der Waals surface area contributed by atoms with Crippen LogP contribution in [0.3, 0.4) is 0 Å². The van der Waals surface area contributed by atoms with Crippen molar-refractivity contribution in [1.29, 1.82) is 0 Å². The van der Waals surface area contributed by atoms with Crippen LogP contribution in [0, 0.1) is 0 Å². The molecule has 4 heteroatoms. The monoisotopic (exact) mass is 365 g/mol. The minimum Gasteiger partial charge on any atom is -0.492 e. The Morgan fingerprint density at radius 3 is 2.19 bits per heavy atom. The molecule has 5 rings (SSSR count). The van der Waals surface area contributed by atoms with E-state index in [1.165, 1.54) is 37.8 Å². The van der Waals surface area contributed by atoms with Gasteiger partial charge >= 0.3 is 0 Å². The summed E-state index contributed by atoms with van der Waals surface area (Å²) in [5, 5.41) is 0. The van der Waals surface area contributed by atoms with Gasteiger partial charge in [0.05, 0.1) is 12.7 Å². The Labute approximate surface area is 161 Å². The molecule has 2 atom stereocenters. The normalized spacial score (nSPS) is 26.0. The standard InChI is InChI=1S/C23H27NO3/c1-24-14-2-3-18(24)15-25-19-8-10-21(11-9-19)27-20-6-4-17(5-7-20)23(12-13-23)22-16-26-22/h4-11,18,22H,2-3,12-16H2,1H3/t18-,22?/m1/s1. The first-order chi connectivity index (χ1) is 13.2. The van der Waals surface area contributed by atoms with Gasteiger partial charge in [0.2, 0.25) is 0 Å². The van der Waals surface area contributed by atoms with Gasteiger partial charge in [0.15, 0.2) is 0 Å². The number of hydrogen-bond donors (Lipinski definition) is 0. The third kappa shape index (κ3) is 3.56. The van der Waals surface area contributed by atoms with Gasteiger partial charge in [-0.25, -0.2) is 0 Å². The summed E-state index contributed by atoms with van der Waals surface area (Å²) in [6.45, 7) is 2.85. The molecule has 2 aliphatic heterocycles. The molecule has 4 nitrogen and oxygen atoms in total. The van der Waals surface area contributed by atoms with E-state index >= 15 is 0 Å². The number of epoxide rings is 1. The third-order valence-corrected chi connectivity index (χ3v) is 6.34. The van der Waals surface area contributed by atoms with Gasteiger partial charge in [-0.05, 0) is 81.2 Å². The summed E-state index contributed by atoms with van der Waals surface area (Å²) >= 11 is 0. The van der Waals surface area contributed by atoms with Crippen LogP contribution in [0.25, 0.3) is 0 Å². The van der Waals surface area contributed by atoms with Gasteiger partial charge in [0, 0.05) is 11.5 Å². The summed E-state index contributed by atoms with van der Waals surface area (Å²) in [5.41, 5.74) is 1.68. The van der Waals surface area contributed by atoms with Crippen molar-refractivity contribution >= 4 is 0 Å². The van der Waals surface area contributed by atoms with Crippen LogP contribution in [0.1, 0.15) is 31.2 Å². The SMILES string of the molecule is CN1CCC[C@@H]1COc1ccc(Oc2ccc(C3(C4CO4)CC3)cc2)cc1. The van der Waals surface area contributed by atoms with Gasteiger partial charge in [0.25, 0.3) is 0 Å². The second-order valence-electron chi connectivity index (χ2n) is 8.16. The Morgan fingerprint density at radius 2 is 1.63 bits per heavy atom. The lowest BCUT2D eigenvalue weighted by molar-refractivity contribution is 0.198. The molecule has 0 aromatic heterocycles. The summed E-state index contributed by atoms with van der Waals surface area (Å²) in [6, 6.07) is 17.0. The van der Waals surface area contributed by atoms with Crippen LogP contribution in [0.2, 0.25) is 0 Å². The Bertz CT molecular complexity index is 778. The molecule has 0 spiro atoms. The zero-order chi connectivity index (χ0) is 18.3. The van der Waals surface area contributed by atoms with Crippen molar-refractivity contribution in [3.05, 3.63) is 54.1 Å². The molecule has 3 aliphatic rings. The van der Waals surface area contributed by atoms with Gasteiger partial charge in [-0.2, -0.15) is 0 Å². The highest BCUT2D eigenvalue weighted by Crippen LogP contribution is 2.55. The second-order valence-corrected chi connectivity index (χ2v) is 8.16. The van der Waals surface area contributed by atoms with Crippen molar-refractivity contribution in [2.75, 3.05) is 26.8 Å². The molecular formula is C23H27NO3. The summed E-state index contributed by atoms with van der Waals surface area (Å²) in [7, 11) is 2.17. The Morgan fingerprint density at radius 1 is 1.00 bits per heavy atom. The maximum atomic E-state index is 6.00. The highest BCUT2D eigenvalue weighted by molar-refractivity contribution is 5.41. The number of rotatable bonds is 7. The summed E-state index contributed by atoms with van der Waals surface area (Å²) in [5.74, 6) is 2.60. The predicted octanol–water partition coefficient (Wildman–Crippen LogP) is 4.38. The fourth-order valence-electron chi connectivity index (χ4n) is 4.28. The molecule has 0 bridgehead atoms. The smallest absolute Gasteiger partial charge is 0.127 e. The molecule has 0 radical (unpaired) electrons. The van der Waals surface area contributed by atoms with E-state index in [0.717, 1.165) is 30.5 Å². The highest BCUT2D eigenvalue weighted by Gasteiger charge is 2.56. The first kappa shape index (κ1) is 17.1. The molecule has 1 aliphatic carbocycles. The molecule has 142 valence electrons. The predicted molar refractivity (Wildman–Crippen MR) is 105 cm³/mol. The van der Waals surface area contributed by atoms with Gasteiger partial charge in [-0.3, -0.25) is 0 Å². The fraction of sp³-hybridized carbons (Fsp3) is 0.478. The van der Waals surface area contributed by atoms with Crippen LogP contribution in [0.5, 0.6) is 17.2 Å². The van der Waals surface area contributed by atoms with Crippen molar-refractivity contribution < 1.29 is 14.2 Å². The van der Waals surface area contributed by atoms with Gasteiger partial charge in [-0.15, -0.1) is 0 Å². The Kier molecular flexibility index (Phi) is 4.33. The van der Waals surface area contributed by atoms with E-state index in [2.05, 4.69) is 36.2 Å². The molecule has 0 N–H and O–H groups in total. The van der Waals surface area contributed by atoms with Crippen molar-refractivity contribution in [1.82, 2.24) is 4.90 Å². The van der Waals surface area contributed by atoms with Crippen LogP contribution in [0.15, 0.2) is 48.5 Å². The average Bonchev–Trinajstić information content (AvgIpc) is 3.60. The molecule has 3 fully saturated rings. The van der Waals surface area contributed by atoms with Crippen molar-refractivity contribution in [2.24, 2.45) is 0 Å². The third-order valence-electron chi connectivity index (χ3n) is 6.34. The van der Waals surface area contributed by atoms with Gasteiger partial charge in [-0.1, -0.05) is 12.1 Å². The van der Waals surface area contributed by atoms with E-state index in [0.29, 0.717) is 17.6 Å². The first-order valence-electron chi connectivity index (χ1n) is 10.1. The number of likely N-dealkylation sites (tertiary alicyclic amines) is 1. The summed E-state index contributed by atoms with van der Waals surface area (Å²) in [6.07, 6.45) is 5.43. The number of hydrogen-bond acceptors (Lipinski definition) is 4. The van der Waals surface area contributed by atoms with E-state index in [-0.39, 0.29) is 0 Å². The van der Waals surface area contributed by atoms with Crippen molar-refractivity contribution in [2.45, 2.75) is 43.2 Å². The largest absolute Gasteiger partial charge is 0.492 e. The topological polar surface area (TPSA) is 34.2 Å². The quantitative estimate of drug-likeness (QED) is 0.682. The molecule has 2 saturated heterocycles. The second kappa shape index (κ2) is 6.84. The van der Waals surface area contributed by atoms with E-state index in [1.807, 2.05) is 24.3 Å². The van der Waals surface area contributed by atoms with Gasteiger partial charge < -0.3 is 19.1 Å². The van der Waals surface area contributed by atoms with Gasteiger partial charge in [0.1, 0.15) is 23.9 Å². The fourth-order valence-corrected chi connectivity index (χ4v) is 4.28. The first-order valence-corrected chi connectivity index (χ1v) is 10.1. The Balaban J connectivity index is 1.17. The van der Waals surface area contributed by atoms with Crippen LogP contribution in [0.4, 0.5) is 0 Å². The molecule has 2 aromatic rings. The zero-order valence-electron chi connectivity index (χ0n) is 15.9. The molecule has 2 aromatic carbocycles. The lowest BCUT2D eigenvalue weighted by atomic mass is 9.93. The molecule has 0 amide bonds.